The number of fused-ring (bicyclic) bond motifs is 1. The number of benzene rings is 2. The van der Waals surface area contributed by atoms with Crippen molar-refractivity contribution in [2.24, 2.45) is 0 Å². The number of ether oxygens (including phenoxy) is 1. The third kappa shape index (κ3) is 4.95. The number of amides is 1. The molecule has 9 heteroatoms. The van der Waals surface area contributed by atoms with Crippen molar-refractivity contribution in [1.82, 2.24) is 9.55 Å². The van der Waals surface area contributed by atoms with Crippen molar-refractivity contribution in [3.63, 3.8) is 0 Å². The lowest BCUT2D eigenvalue weighted by Gasteiger charge is -2.14. The fourth-order valence-electron chi connectivity index (χ4n) is 3.75. The van der Waals surface area contributed by atoms with Crippen LogP contribution >= 0.6 is 0 Å². The van der Waals surface area contributed by atoms with Crippen LogP contribution in [0.25, 0.3) is 11.0 Å². The van der Waals surface area contributed by atoms with Crippen molar-refractivity contribution in [3.8, 4) is 5.75 Å². The predicted molar refractivity (Wildman–Crippen MR) is 134 cm³/mol. The zero-order chi connectivity index (χ0) is 25.2. The summed E-state index contributed by atoms with van der Waals surface area (Å²) in [5.41, 5.74) is 1.90. The molecule has 0 aliphatic rings. The minimum absolute atomic E-state index is 0.0535. The molecule has 0 spiro atoms. The molecule has 4 rings (SSSR count). The molecule has 4 aromatic rings. The van der Waals surface area contributed by atoms with E-state index in [0.717, 1.165) is 12.0 Å². The van der Waals surface area contributed by atoms with Crippen molar-refractivity contribution in [2.75, 3.05) is 12.4 Å². The molecule has 180 valence electrons. The Bertz CT molecular complexity index is 1580. The summed E-state index contributed by atoms with van der Waals surface area (Å²) in [6.07, 6.45) is 2.02. The maximum Gasteiger partial charge on any atom is 0.244 e. The first-order chi connectivity index (χ1) is 16.7. The van der Waals surface area contributed by atoms with E-state index < -0.39 is 20.2 Å². The molecular formula is C26H25N3O5S. The van der Waals surface area contributed by atoms with Gasteiger partial charge in [0.1, 0.15) is 22.8 Å². The van der Waals surface area contributed by atoms with Gasteiger partial charge in [-0.1, -0.05) is 19.1 Å². The van der Waals surface area contributed by atoms with Crippen LogP contribution in [0.3, 0.4) is 0 Å². The van der Waals surface area contributed by atoms with Crippen molar-refractivity contribution < 1.29 is 17.9 Å². The Kier molecular flexibility index (Phi) is 6.70. The number of hydrogen-bond donors (Lipinski definition) is 1. The Morgan fingerprint density at radius 3 is 2.51 bits per heavy atom. The second-order valence-electron chi connectivity index (χ2n) is 8.06. The number of nitrogens with one attached hydrogen (secondary N) is 1. The van der Waals surface area contributed by atoms with E-state index in [1.54, 1.807) is 19.1 Å². The molecule has 0 fully saturated rings. The van der Waals surface area contributed by atoms with Crippen molar-refractivity contribution in [1.29, 1.82) is 0 Å². The number of methoxy groups -OCH3 is 1. The van der Waals surface area contributed by atoms with Crippen LogP contribution < -0.4 is 15.5 Å². The van der Waals surface area contributed by atoms with E-state index in [-0.39, 0.29) is 28.4 Å². The van der Waals surface area contributed by atoms with E-state index in [1.807, 2.05) is 25.1 Å². The number of anilines is 1. The number of aromatic nitrogens is 2. The van der Waals surface area contributed by atoms with Crippen molar-refractivity contribution in [2.45, 2.75) is 36.6 Å². The number of pyridine rings is 2. The highest BCUT2D eigenvalue weighted by Crippen LogP contribution is 2.23. The lowest BCUT2D eigenvalue weighted by Crippen LogP contribution is -2.24. The minimum Gasteiger partial charge on any atom is -0.497 e. The number of nitrogens with zero attached hydrogens (tertiary/aromatic N) is 2. The van der Waals surface area contributed by atoms with E-state index in [1.165, 1.54) is 48.2 Å². The predicted octanol–water partition coefficient (Wildman–Crippen LogP) is 3.75. The molecule has 2 aromatic carbocycles. The first kappa shape index (κ1) is 24.2. The second-order valence-corrected chi connectivity index (χ2v) is 9.97. The van der Waals surface area contributed by atoms with Crippen molar-refractivity contribution >= 4 is 32.5 Å². The zero-order valence-electron chi connectivity index (χ0n) is 19.6. The topological polar surface area (TPSA) is 107 Å². The van der Waals surface area contributed by atoms with Crippen LogP contribution in [0.2, 0.25) is 0 Å². The van der Waals surface area contributed by atoms with Gasteiger partial charge in [-0.05, 0) is 67.4 Å². The SMILES string of the molecule is CCc1cccc(NC(=O)Cn2cc(S(=O)(=O)c3ccc(OC)cc3)c(=O)c3ccc(C)nc32)c1. The van der Waals surface area contributed by atoms with E-state index in [4.69, 9.17) is 4.74 Å². The van der Waals surface area contributed by atoms with Gasteiger partial charge < -0.3 is 14.6 Å². The fraction of sp³-hybridized carbons (Fsp3) is 0.192. The van der Waals surface area contributed by atoms with Gasteiger partial charge in [-0.15, -0.1) is 0 Å². The summed E-state index contributed by atoms with van der Waals surface area (Å²) in [5.74, 6) is 0.114. The Morgan fingerprint density at radius 2 is 1.83 bits per heavy atom. The summed E-state index contributed by atoms with van der Waals surface area (Å²) >= 11 is 0. The number of hydrogen-bond acceptors (Lipinski definition) is 6. The minimum atomic E-state index is -4.17. The van der Waals surface area contributed by atoms with Gasteiger partial charge in [-0.25, -0.2) is 13.4 Å². The fourth-order valence-corrected chi connectivity index (χ4v) is 5.12. The van der Waals surface area contributed by atoms with Gasteiger partial charge in [-0.3, -0.25) is 9.59 Å². The van der Waals surface area contributed by atoms with E-state index >= 15 is 0 Å². The molecular weight excluding hydrogens is 466 g/mol. The molecule has 1 amide bonds. The molecule has 0 radical (unpaired) electrons. The van der Waals surface area contributed by atoms with Gasteiger partial charge in [0.2, 0.25) is 21.2 Å². The largest absolute Gasteiger partial charge is 0.497 e. The molecule has 2 aromatic heterocycles. The van der Waals surface area contributed by atoms with E-state index in [0.29, 0.717) is 17.1 Å². The van der Waals surface area contributed by atoms with Gasteiger partial charge in [0, 0.05) is 17.6 Å². The van der Waals surface area contributed by atoms with Crippen LogP contribution in [0.4, 0.5) is 5.69 Å². The van der Waals surface area contributed by atoms with Gasteiger partial charge in [0.05, 0.1) is 17.4 Å². The maximum atomic E-state index is 13.4. The van der Waals surface area contributed by atoms with Crippen LogP contribution in [0.5, 0.6) is 5.75 Å². The molecule has 0 atom stereocenters. The quantitative estimate of drug-likeness (QED) is 0.422. The molecule has 0 aliphatic heterocycles. The Morgan fingerprint density at radius 1 is 1.09 bits per heavy atom. The number of sulfone groups is 1. The number of carbonyl (C=O) groups is 1. The molecule has 1 N–H and O–H groups in total. The average molecular weight is 492 g/mol. The molecule has 8 nitrogen and oxygen atoms in total. The Labute approximate surface area is 203 Å². The van der Waals surface area contributed by atoms with Gasteiger partial charge in [0.25, 0.3) is 0 Å². The van der Waals surface area contributed by atoms with Gasteiger partial charge >= 0.3 is 0 Å². The summed E-state index contributed by atoms with van der Waals surface area (Å²) < 4.78 is 33.3. The summed E-state index contributed by atoms with van der Waals surface area (Å²) in [7, 11) is -2.69. The molecule has 0 bridgehead atoms. The second kappa shape index (κ2) is 9.71. The molecule has 0 saturated carbocycles. The number of rotatable bonds is 7. The van der Waals surface area contributed by atoms with E-state index in [2.05, 4.69) is 10.3 Å². The highest BCUT2D eigenvalue weighted by atomic mass is 32.2. The zero-order valence-corrected chi connectivity index (χ0v) is 20.4. The third-order valence-corrected chi connectivity index (χ3v) is 7.38. The van der Waals surface area contributed by atoms with Crippen LogP contribution in [-0.4, -0.2) is 31.0 Å². The number of aryl methyl sites for hydroxylation is 2. The highest BCUT2D eigenvalue weighted by Gasteiger charge is 2.25. The van der Waals surface area contributed by atoms with Crippen molar-refractivity contribution in [3.05, 3.63) is 88.3 Å². The lowest BCUT2D eigenvalue weighted by molar-refractivity contribution is -0.116. The van der Waals surface area contributed by atoms with Crippen LogP contribution in [-0.2, 0) is 27.6 Å². The van der Waals surface area contributed by atoms with Crippen LogP contribution in [0, 0.1) is 6.92 Å². The van der Waals surface area contributed by atoms with Crippen LogP contribution in [0.15, 0.2) is 81.4 Å². The van der Waals surface area contributed by atoms with E-state index in [9.17, 15) is 18.0 Å². The summed E-state index contributed by atoms with van der Waals surface area (Å²) in [6, 6.07) is 16.4. The highest BCUT2D eigenvalue weighted by molar-refractivity contribution is 7.91. The molecule has 35 heavy (non-hydrogen) atoms. The smallest absolute Gasteiger partial charge is 0.244 e. The Balaban J connectivity index is 1.79. The molecule has 0 aliphatic carbocycles. The molecule has 0 saturated heterocycles. The summed E-state index contributed by atoms with van der Waals surface area (Å²) in [4.78, 5) is 30.1. The monoisotopic (exact) mass is 491 g/mol. The molecule has 0 unspecified atom stereocenters. The summed E-state index contributed by atoms with van der Waals surface area (Å²) in [5, 5.41) is 2.95. The standard InChI is InChI=1S/C26H25N3O5S/c1-4-18-6-5-7-19(14-18)28-24(30)16-29-15-23(25(31)22-13-8-17(2)27-26(22)29)35(32,33)21-11-9-20(34-3)10-12-21/h5-15H,4,16H2,1-3H3,(H,28,30). The number of carbonyl (C=O) groups excluding carboxylic acids is 1. The molecule has 2 heterocycles. The first-order valence-electron chi connectivity index (χ1n) is 11.0. The summed E-state index contributed by atoms with van der Waals surface area (Å²) in [6.45, 7) is 3.55. The lowest BCUT2D eigenvalue weighted by atomic mass is 10.1. The Hall–Kier alpha value is -3.98. The maximum absolute atomic E-state index is 13.4. The van der Waals surface area contributed by atoms with Gasteiger partial charge in [0.15, 0.2) is 0 Å². The third-order valence-electron chi connectivity index (χ3n) is 5.62. The normalized spacial score (nSPS) is 11.4. The first-order valence-corrected chi connectivity index (χ1v) is 12.5. The van der Waals surface area contributed by atoms with Crippen LogP contribution in [0.1, 0.15) is 18.2 Å². The van der Waals surface area contributed by atoms with Gasteiger partial charge in [-0.2, -0.15) is 0 Å². The average Bonchev–Trinajstić information content (AvgIpc) is 2.85.